The SMILES string of the molecule is COc1ccc(NC(N)=NCC(C)(C)c2cccc(OC)c2)cc1.I. The van der Waals surface area contributed by atoms with Crippen molar-refractivity contribution >= 4 is 35.6 Å². The predicted octanol–water partition coefficient (Wildman–Crippen LogP) is 4.03. The fourth-order valence-electron chi connectivity index (χ4n) is 2.28. The maximum Gasteiger partial charge on any atom is 0.193 e. The molecule has 5 nitrogen and oxygen atoms in total. The average molecular weight is 455 g/mol. The minimum Gasteiger partial charge on any atom is -0.497 e. The van der Waals surface area contributed by atoms with E-state index in [2.05, 4.69) is 30.2 Å². The van der Waals surface area contributed by atoms with Crippen molar-refractivity contribution in [3.8, 4) is 11.5 Å². The summed E-state index contributed by atoms with van der Waals surface area (Å²) in [5.74, 6) is 2.03. The van der Waals surface area contributed by atoms with Crippen LogP contribution in [0.2, 0.25) is 0 Å². The fourth-order valence-corrected chi connectivity index (χ4v) is 2.28. The number of rotatable bonds is 6. The summed E-state index contributed by atoms with van der Waals surface area (Å²) >= 11 is 0. The van der Waals surface area contributed by atoms with Gasteiger partial charge in [0.05, 0.1) is 20.8 Å². The smallest absolute Gasteiger partial charge is 0.193 e. The molecule has 0 aromatic heterocycles. The topological polar surface area (TPSA) is 68.9 Å². The third kappa shape index (κ3) is 6.12. The standard InChI is InChI=1S/C19H25N3O2.HI/c1-19(2,14-6-5-7-17(12-14)24-4)13-21-18(20)22-15-8-10-16(23-3)11-9-15;/h5-12H,13H2,1-4H3,(H3,20,21,22);1H. The van der Waals surface area contributed by atoms with Crippen molar-refractivity contribution in [1.82, 2.24) is 0 Å². The monoisotopic (exact) mass is 455 g/mol. The first-order valence-electron chi connectivity index (χ1n) is 7.80. The number of aliphatic imine (C=N–C) groups is 1. The quantitative estimate of drug-likeness (QED) is 0.392. The molecule has 0 amide bonds. The van der Waals surface area contributed by atoms with Crippen LogP contribution >= 0.6 is 24.0 Å². The van der Waals surface area contributed by atoms with Gasteiger partial charge in [0.2, 0.25) is 0 Å². The van der Waals surface area contributed by atoms with Gasteiger partial charge in [0.25, 0.3) is 0 Å². The lowest BCUT2D eigenvalue weighted by Gasteiger charge is -2.23. The number of hydrogen-bond donors (Lipinski definition) is 2. The van der Waals surface area contributed by atoms with Gasteiger partial charge in [-0.05, 0) is 42.0 Å². The molecule has 0 heterocycles. The van der Waals surface area contributed by atoms with Gasteiger partial charge >= 0.3 is 0 Å². The van der Waals surface area contributed by atoms with E-state index in [4.69, 9.17) is 15.2 Å². The fraction of sp³-hybridized carbons (Fsp3) is 0.316. The highest BCUT2D eigenvalue weighted by Gasteiger charge is 2.20. The number of halogens is 1. The largest absolute Gasteiger partial charge is 0.497 e. The number of nitrogens with one attached hydrogen (secondary N) is 1. The molecular formula is C19H26IN3O2. The predicted molar refractivity (Wildman–Crippen MR) is 115 cm³/mol. The Labute approximate surface area is 166 Å². The Kier molecular flexibility index (Phi) is 8.02. The lowest BCUT2D eigenvalue weighted by atomic mass is 9.85. The van der Waals surface area contributed by atoms with Crippen molar-refractivity contribution < 1.29 is 9.47 Å². The minimum atomic E-state index is -0.152. The van der Waals surface area contributed by atoms with Crippen LogP contribution in [0.15, 0.2) is 53.5 Å². The van der Waals surface area contributed by atoms with Gasteiger partial charge in [-0.15, -0.1) is 24.0 Å². The molecule has 0 aliphatic rings. The maximum atomic E-state index is 6.00. The molecule has 0 fully saturated rings. The van der Waals surface area contributed by atoms with Gasteiger partial charge in [-0.3, -0.25) is 4.99 Å². The first-order chi connectivity index (χ1) is 11.4. The highest BCUT2D eigenvalue weighted by atomic mass is 127. The first-order valence-corrected chi connectivity index (χ1v) is 7.80. The molecule has 0 radical (unpaired) electrons. The summed E-state index contributed by atoms with van der Waals surface area (Å²) in [5.41, 5.74) is 7.88. The molecule has 0 saturated heterocycles. The van der Waals surface area contributed by atoms with Crippen LogP contribution in [0, 0.1) is 0 Å². The molecule has 136 valence electrons. The molecular weight excluding hydrogens is 429 g/mol. The van der Waals surface area contributed by atoms with E-state index in [0.29, 0.717) is 12.5 Å². The summed E-state index contributed by atoms with van der Waals surface area (Å²) in [6.07, 6.45) is 0. The molecule has 2 aromatic rings. The Morgan fingerprint density at radius 3 is 2.28 bits per heavy atom. The van der Waals surface area contributed by atoms with Crippen molar-refractivity contribution in [2.45, 2.75) is 19.3 Å². The molecule has 25 heavy (non-hydrogen) atoms. The molecule has 0 bridgehead atoms. The van der Waals surface area contributed by atoms with E-state index >= 15 is 0 Å². The molecule has 2 aromatic carbocycles. The summed E-state index contributed by atoms with van der Waals surface area (Å²) in [5, 5.41) is 3.09. The van der Waals surface area contributed by atoms with E-state index in [-0.39, 0.29) is 29.4 Å². The van der Waals surface area contributed by atoms with Gasteiger partial charge in [-0.25, -0.2) is 0 Å². The van der Waals surface area contributed by atoms with E-state index < -0.39 is 0 Å². The highest BCUT2D eigenvalue weighted by molar-refractivity contribution is 14.0. The van der Waals surface area contributed by atoms with Crippen LogP contribution in [0.25, 0.3) is 0 Å². The van der Waals surface area contributed by atoms with E-state index in [9.17, 15) is 0 Å². The van der Waals surface area contributed by atoms with E-state index in [1.165, 1.54) is 0 Å². The summed E-state index contributed by atoms with van der Waals surface area (Å²) in [4.78, 5) is 4.48. The van der Waals surface area contributed by atoms with E-state index in [1.807, 2.05) is 42.5 Å². The minimum absolute atomic E-state index is 0. The zero-order chi connectivity index (χ0) is 17.6. The van der Waals surface area contributed by atoms with Crippen LogP contribution in [0.5, 0.6) is 11.5 Å². The third-order valence-corrected chi connectivity index (χ3v) is 3.86. The Bertz CT molecular complexity index is 700. The first kappa shape index (κ1) is 21.1. The summed E-state index contributed by atoms with van der Waals surface area (Å²) < 4.78 is 10.4. The van der Waals surface area contributed by atoms with Crippen molar-refractivity contribution in [3.63, 3.8) is 0 Å². The number of hydrogen-bond acceptors (Lipinski definition) is 3. The maximum absolute atomic E-state index is 6.00. The number of methoxy groups -OCH3 is 2. The van der Waals surface area contributed by atoms with Crippen molar-refractivity contribution in [3.05, 3.63) is 54.1 Å². The number of nitrogens with two attached hydrogens (primary N) is 1. The summed E-state index contributed by atoms with van der Waals surface area (Å²) in [7, 11) is 3.31. The highest BCUT2D eigenvalue weighted by Crippen LogP contribution is 2.26. The van der Waals surface area contributed by atoms with Crippen LogP contribution < -0.4 is 20.5 Å². The number of anilines is 1. The third-order valence-electron chi connectivity index (χ3n) is 3.86. The van der Waals surface area contributed by atoms with Crippen LogP contribution in [-0.2, 0) is 5.41 Å². The van der Waals surface area contributed by atoms with Crippen LogP contribution in [-0.4, -0.2) is 26.7 Å². The zero-order valence-corrected chi connectivity index (χ0v) is 17.4. The second-order valence-corrected chi connectivity index (χ2v) is 6.17. The van der Waals surface area contributed by atoms with Gasteiger partial charge < -0.3 is 20.5 Å². The number of nitrogens with zero attached hydrogens (tertiary/aromatic N) is 1. The zero-order valence-electron chi connectivity index (χ0n) is 15.1. The lowest BCUT2D eigenvalue weighted by molar-refractivity contribution is 0.412. The number of ether oxygens (including phenoxy) is 2. The van der Waals surface area contributed by atoms with Crippen molar-refractivity contribution in [1.29, 1.82) is 0 Å². The van der Waals surface area contributed by atoms with Crippen LogP contribution in [0.1, 0.15) is 19.4 Å². The summed E-state index contributed by atoms with van der Waals surface area (Å²) in [6, 6.07) is 15.6. The van der Waals surface area contributed by atoms with Crippen molar-refractivity contribution in [2.24, 2.45) is 10.7 Å². The molecule has 3 N–H and O–H groups in total. The Hall–Kier alpha value is -1.96. The number of benzene rings is 2. The van der Waals surface area contributed by atoms with E-state index in [1.54, 1.807) is 14.2 Å². The second-order valence-electron chi connectivity index (χ2n) is 6.17. The average Bonchev–Trinajstić information content (AvgIpc) is 2.61. The van der Waals surface area contributed by atoms with Gasteiger partial charge in [0.15, 0.2) is 5.96 Å². The Balaban J connectivity index is 0.00000312. The Morgan fingerprint density at radius 2 is 1.68 bits per heavy atom. The van der Waals surface area contributed by atoms with Crippen LogP contribution in [0.4, 0.5) is 5.69 Å². The molecule has 0 saturated carbocycles. The molecule has 0 unspecified atom stereocenters. The van der Waals surface area contributed by atoms with Gasteiger partial charge in [-0.1, -0.05) is 26.0 Å². The van der Waals surface area contributed by atoms with Gasteiger partial charge in [0, 0.05) is 11.1 Å². The second kappa shape index (κ2) is 9.50. The van der Waals surface area contributed by atoms with Gasteiger partial charge in [0.1, 0.15) is 11.5 Å². The van der Waals surface area contributed by atoms with Crippen LogP contribution in [0.3, 0.4) is 0 Å². The molecule has 0 aliphatic heterocycles. The molecule has 2 rings (SSSR count). The normalized spacial score (nSPS) is 11.4. The lowest BCUT2D eigenvalue weighted by Crippen LogP contribution is -2.27. The van der Waals surface area contributed by atoms with E-state index in [0.717, 1.165) is 22.7 Å². The molecule has 0 aliphatic carbocycles. The molecule has 0 spiro atoms. The van der Waals surface area contributed by atoms with Gasteiger partial charge in [-0.2, -0.15) is 0 Å². The molecule has 6 heteroatoms. The Morgan fingerprint density at radius 1 is 1.04 bits per heavy atom. The summed E-state index contributed by atoms with van der Waals surface area (Å²) in [6.45, 7) is 4.83. The number of guanidine groups is 1. The van der Waals surface area contributed by atoms with Crippen molar-refractivity contribution in [2.75, 3.05) is 26.1 Å². The molecule has 0 atom stereocenters.